The molecule has 3 rings (SSSR count). The fraction of sp³-hybridized carbons (Fsp3) is 0.481. The summed E-state index contributed by atoms with van der Waals surface area (Å²) < 4.78 is 53.9. The monoisotopic (exact) mass is 492 g/mol. The Balaban J connectivity index is 1.64. The number of hydrogen-bond donors (Lipinski definition) is 1. The molecule has 2 atom stereocenters. The molecule has 1 N–H and O–H groups in total. The lowest BCUT2D eigenvalue weighted by Crippen LogP contribution is -2.48. The van der Waals surface area contributed by atoms with E-state index < -0.39 is 46.6 Å². The minimum absolute atomic E-state index is 0.128. The van der Waals surface area contributed by atoms with E-state index in [0.29, 0.717) is 32.1 Å². The summed E-state index contributed by atoms with van der Waals surface area (Å²) >= 11 is 0. The number of carboxylic acid groups (broad SMARTS) is 1. The summed E-state index contributed by atoms with van der Waals surface area (Å²) in [5, 5.41) is 9.56. The number of carbonyl (C=O) groups excluding carboxylic acids is 1. The van der Waals surface area contributed by atoms with Crippen molar-refractivity contribution in [2.24, 2.45) is 11.8 Å². The lowest BCUT2D eigenvalue weighted by atomic mass is 9.68. The van der Waals surface area contributed by atoms with E-state index in [-0.39, 0.29) is 24.0 Å². The van der Waals surface area contributed by atoms with Crippen LogP contribution in [0.25, 0.3) is 0 Å². The van der Waals surface area contributed by atoms with Crippen LogP contribution in [-0.2, 0) is 4.79 Å². The van der Waals surface area contributed by atoms with Crippen molar-refractivity contribution >= 4 is 11.9 Å². The number of aliphatic carboxylic acids is 1. The van der Waals surface area contributed by atoms with E-state index in [0.717, 1.165) is 11.6 Å². The smallest absolute Gasteiger partial charge is 0.346 e. The van der Waals surface area contributed by atoms with Crippen molar-refractivity contribution in [1.82, 2.24) is 0 Å². The van der Waals surface area contributed by atoms with E-state index in [2.05, 4.69) is 0 Å². The molecule has 1 aliphatic rings. The van der Waals surface area contributed by atoms with Gasteiger partial charge in [-0.15, -0.1) is 0 Å². The molecule has 35 heavy (non-hydrogen) atoms. The first-order chi connectivity index (χ1) is 16.6. The van der Waals surface area contributed by atoms with Crippen LogP contribution in [0.4, 0.5) is 13.2 Å². The largest absolute Gasteiger partial charge is 0.491 e. The van der Waals surface area contributed by atoms with E-state index in [9.17, 15) is 23.5 Å². The first-order valence-electron chi connectivity index (χ1n) is 12.0. The highest BCUT2D eigenvalue weighted by Crippen LogP contribution is 2.45. The van der Waals surface area contributed by atoms with Crippen molar-refractivity contribution in [3.8, 4) is 11.5 Å². The van der Waals surface area contributed by atoms with Crippen molar-refractivity contribution < 1.29 is 37.3 Å². The zero-order chi connectivity index (χ0) is 25.8. The second-order valence-corrected chi connectivity index (χ2v) is 9.06. The van der Waals surface area contributed by atoms with Gasteiger partial charge < -0.3 is 14.6 Å². The molecule has 0 heterocycles. The summed E-state index contributed by atoms with van der Waals surface area (Å²) in [4.78, 5) is 24.1. The molecule has 0 saturated heterocycles. The highest BCUT2D eigenvalue weighted by molar-refractivity contribution is 5.91. The van der Waals surface area contributed by atoms with Crippen LogP contribution < -0.4 is 9.47 Å². The highest BCUT2D eigenvalue weighted by atomic mass is 19.2. The summed E-state index contributed by atoms with van der Waals surface area (Å²) in [7, 11) is 0. The number of carboxylic acids is 1. The van der Waals surface area contributed by atoms with E-state index >= 15 is 4.39 Å². The first-order valence-corrected chi connectivity index (χ1v) is 12.0. The average molecular weight is 493 g/mol. The van der Waals surface area contributed by atoms with E-state index in [4.69, 9.17) is 9.47 Å². The lowest BCUT2D eigenvalue weighted by molar-refractivity contribution is -0.161. The van der Waals surface area contributed by atoms with Gasteiger partial charge in [0.25, 0.3) is 0 Å². The molecule has 0 aromatic heterocycles. The van der Waals surface area contributed by atoms with Gasteiger partial charge in [0, 0.05) is 11.8 Å². The SMILES string of the molecule is CCOc1ccc(C(=O)Oc2ccc(C3CCC([C@](F)(C(=O)O)[C@@H](C)CC)CC3)cc2)c(F)c1F. The Morgan fingerprint density at radius 1 is 1.03 bits per heavy atom. The maximum Gasteiger partial charge on any atom is 0.346 e. The van der Waals surface area contributed by atoms with Gasteiger partial charge in [-0.3, -0.25) is 0 Å². The Hall–Kier alpha value is -3.03. The van der Waals surface area contributed by atoms with Crippen LogP contribution in [0.15, 0.2) is 36.4 Å². The molecule has 0 unspecified atom stereocenters. The van der Waals surface area contributed by atoms with E-state index in [1.807, 2.05) is 0 Å². The number of benzene rings is 2. The van der Waals surface area contributed by atoms with Gasteiger partial charge >= 0.3 is 11.9 Å². The quantitative estimate of drug-likeness (QED) is 0.312. The van der Waals surface area contributed by atoms with Gasteiger partial charge in [-0.05, 0) is 74.8 Å². The summed E-state index contributed by atoms with van der Waals surface area (Å²) in [6, 6.07) is 8.97. The summed E-state index contributed by atoms with van der Waals surface area (Å²) in [5.41, 5.74) is -1.81. The Bertz CT molecular complexity index is 1050. The van der Waals surface area contributed by atoms with Crippen LogP contribution in [0.3, 0.4) is 0 Å². The van der Waals surface area contributed by atoms with Crippen LogP contribution in [0.2, 0.25) is 0 Å². The summed E-state index contributed by atoms with van der Waals surface area (Å²) in [5.74, 6) is -6.08. The van der Waals surface area contributed by atoms with Gasteiger partial charge in [-0.1, -0.05) is 26.0 Å². The van der Waals surface area contributed by atoms with Gasteiger partial charge in [-0.25, -0.2) is 18.4 Å². The highest BCUT2D eigenvalue weighted by Gasteiger charge is 2.51. The van der Waals surface area contributed by atoms with Crippen molar-refractivity contribution in [2.75, 3.05) is 6.61 Å². The number of alkyl halides is 1. The molecule has 0 spiro atoms. The maximum atomic E-state index is 15.4. The normalized spacial score (nSPS) is 20.5. The van der Waals surface area contributed by atoms with Crippen LogP contribution in [0.5, 0.6) is 11.5 Å². The third-order valence-electron chi connectivity index (χ3n) is 7.11. The van der Waals surface area contributed by atoms with Crippen LogP contribution in [-0.4, -0.2) is 29.3 Å². The Morgan fingerprint density at radius 2 is 1.66 bits per heavy atom. The number of rotatable bonds is 9. The molecular weight excluding hydrogens is 461 g/mol. The van der Waals surface area contributed by atoms with E-state index in [1.165, 1.54) is 6.07 Å². The predicted octanol–water partition coefficient (Wildman–Crippen LogP) is 6.70. The minimum atomic E-state index is -2.23. The molecule has 2 aromatic rings. The second kappa shape index (κ2) is 11.1. The van der Waals surface area contributed by atoms with Crippen LogP contribution in [0, 0.1) is 23.5 Å². The number of carbonyl (C=O) groups is 2. The zero-order valence-corrected chi connectivity index (χ0v) is 20.2. The first kappa shape index (κ1) is 26.6. The maximum absolute atomic E-state index is 15.4. The zero-order valence-electron chi connectivity index (χ0n) is 20.2. The molecule has 5 nitrogen and oxygen atoms in total. The van der Waals surface area contributed by atoms with E-state index in [1.54, 1.807) is 45.0 Å². The number of hydrogen-bond acceptors (Lipinski definition) is 4. The molecule has 8 heteroatoms. The number of halogens is 3. The topological polar surface area (TPSA) is 72.8 Å². The van der Waals surface area contributed by atoms with Gasteiger partial charge in [0.1, 0.15) is 5.75 Å². The minimum Gasteiger partial charge on any atom is -0.491 e. The summed E-state index contributed by atoms with van der Waals surface area (Å²) in [6.07, 6.45) is 2.69. The lowest BCUT2D eigenvalue weighted by Gasteiger charge is -2.39. The van der Waals surface area contributed by atoms with Gasteiger partial charge in [-0.2, -0.15) is 4.39 Å². The number of esters is 1. The molecule has 1 fully saturated rings. The van der Waals surface area contributed by atoms with Crippen molar-refractivity contribution in [3.05, 3.63) is 59.2 Å². The molecule has 0 amide bonds. The third kappa shape index (κ3) is 5.46. The van der Waals surface area contributed by atoms with Crippen molar-refractivity contribution in [2.45, 2.75) is 64.5 Å². The van der Waals surface area contributed by atoms with Gasteiger partial charge in [0.05, 0.1) is 12.2 Å². The molecule has 1 aliphatic carbocycles. The predicted molar refractivity (Wildman–Crippen MR) is 125 cm³/mol. The number of ether oxygens (including phenoxy) is 2. The fourth-order valence-corrected chi connectivity index (χ4v) is 4.86. The Labute approximate surface area is 203 Å². The Morgan fingerprint density at radius 3 is 2.20 bits per heavy atom. The van der Waals surface area contributed by atoms with Crippen molar-refractivity contribution in [3.63, 3.8) is 0 Å². The second-order valence-electron chi connectivity index (χ2n) is 9.06. The molecule has 0 radical (unpaired) electrons. The molecular formula is C27H31F3O5. The molecule has 2 aromatic carbocycles. The van der Waals surface area contributed by atoms with Crippen LogP contribution >= 0.6 is 0 Å². The van der Waals surface area contributed by atoms with Gasteiger partial charge in [0.15, 0.2) is 11.6 Å². The third-order valence-corrected chi connectivity index (χ3v) is 7.11. The summed E-state index contributed by atoms with van der Waals surface area (Å²) in [6.45, 7) is 5.22. The molecule has 1 saturated carbocycles. The van der Waals surface area contributed by atoms with Crippen LogP contribution in [0.1, 0.15) is 74.7 Å². The molecule has 190 valence electrons. The Kier molecular flexibility index (Phi) is 8.46. The molecule has 0 bridgehead atoms. The fourth-order valence-electron chi connectivity index (χ4n) is 4.86. The standard InChI is InChI=1S/C27H31F3O5/c1-4-16(3)27(30,26(32)33)19-10-6-17(7-11-19)18-8-12-20(13-9-18)35-25(31)21-14-15-22(34-5-2)24(29)23(21)28/h8-9,12-17,19H,4-7,10-11H2,1-3H3,(H,32,33)/t16-,17?,19?,27-/m0/s1. The average Bonchev–Trinajstić information content (AvgIpc) is 2.86. The van der Waals surface area contributed by atoms with Crippen molar-refractivity contribution in [1.29, 1.82) is 0 Å². The molecule has 0 aliphatic heterocycles. The van der Waals surface area contributed by atoms with Gasteiger partial charge in [0.2, 0.25) is 11.5 Å².